The van der Waals surface area contributed by atoms with Crippen LogP contribution in [0.25, 0.3) is 0 Å². The zero-order valence-corrected chi connectivity index (χ0v) is 15.3. The van der Waals surface area contributed by atoms with E-state index >= 15 is 0 Å². The summed E-state index contributed by atoms with van der Waals surface area (Å²) < 4.78 is 2.24. The largest absolute Gasteiger partial charge is 0.369 e. The third-order valence-corrected chi connectivity index (χ3v) is 7.73. The topological polar surface area (TPSA) is 81.2 Å². The van der Waals surface area contributed by atoms with Crippen LogP contribution in [0.1, 0.15) is 63.1 Å². The van der Waals surface area contributed by atoms with Crippen molar-refractivity contribution in [2.45, 2.75) is 62.8 Å². The van der Waals surface area contributed by atoms with Crippen molar-refractivity contribution >= 4 is 11.8 Å². The lowest BCUT2D eigenvalue weighted by molar-refractivity contribution is -0.146. The minimum atomic E-state index is -0.221. The van der Waals surface area contributed by atoms with Gasteiger partial charge in [-0.15, -0.1) is 0 Å². The highest BCUT2D eigenvalue weighted by Crippen LogP contribution is 2.64. The first-order valence-corrected chi connectivity index (χ1v) is 10.2. The van der Waals surface area contributed by atoms with Gasteiger partial charge < -0.3 is 10.6 Å². The highest BCUT2D eigenvalue weighted by atomic mass is 16.2. The second-order valence-electron chi connectivity index (χ2n) is 8.88. The van der Waals surface area contributed by atoms with Crippen LogP contribution in [0, 0.1) is 17.8 Å². The van der Waals surface area contributed by atoms with E-state index in [1.165, 1.54) is 25.0 Å². The number of piperidine rings is 1. The lowest BCUT2D eigenvalue weighted by Gasteiger charge is -2.49. The molecule has 0 spiro atoms. The number of carbonyl (C=O) groups excluding carboxylic acids is 2. The third-order valence-electron chi connectivity index (χ3n) is 7.73. The SMILES string of the molecule is NC(=O)C1CCN(C(=O)C2C3CCC2(c2ccnn2C2CCC2)C3)CC1. The van der Waals surface area contributed by atoms with Crippen LogP contribution in [0.5, 0.6) is 0 Å². The molecule has 0 radical (unpaired) electrons. The van der Waals surface area contributed by atoms with Crippen LogP contribution in [0.3, 0.4) is 0 Å². The van der Waals surface area contributed by atoms with Crippen molar-refractivity contribution < 1.29 is 9.59 Å². The molecule has 1 aromatic rings. The molecule has 6 rings (SSSR count). The van der Waals surface area contributed by atoms with E-state index in [0.717, 1.165) is 19.3 Å². The molecule has 26 heavy (non-hydrogen) atoms. The average Bonchev–Trinajstić information content (AvgIpc) is 3.27. The molecule has 0 aromatic carbocycles. The van der Waals surface area contributed by atoms with E-state index in [9.17, 15) is 9.59 Å². The van der Waals surface area contributed by atoms with Crippen molar-refractivity contribution in [3.8, 4) is 0 Å². The molecule has 4 aliphatic carbocycles. The molecule has 1 saturated heterocycles. The predicted octanol–water partition coefficient (Wildman–Crippen LogP) is 2.00. The van der Waals surface area contributed by atoms with Gasteiger partial charge in [-0.3, -0.25) is 14.3 Å². The number of likely N-dealkylation sites (tertiary alicyclic amines) is 1. The number of amides is 2. The summed E-state index contributed by atoms with van der Waals surface area (Å²) in [5, 5.41) is 4.63. The number of nitrogens with zero attached hydrogens (tertiary/aromatic N) is 3. The van der Waals surface area contributed by atoms with Gasteiger partial charge in [0, 0.05) is 36.3 Å². The molecule has 140 valence electrons. The fourth-order valence-corrected chi connectivity index (χ4v) is 6.01. The first kappa shape index (κ1) is 16.3. The first-order chi connectivity index (χ1) is 12.6. The number of hydrogen-bond acceptors (Lipinski definition) is 3. The van der Waals surface area contributed by atoms with Gasteiger partial charge in [0.15, 0.2) is 0 Å². The number of fused-ring (bicyclic) bond motifs is 1. The molecule has 6 nitrogen and oxygen atoms in total. The quantitative estimate of drug-likeness (QED) is 0.896. The Hall–Kier alpha value is -1.85. The fraction of sp³-hybridized carbons (Fsp3) is 0.750. The number of hydrogen-bond donors (Lipinski definition) is 1. The van der Waals surface area contributed by atoms with Crippen molar-refractivity contribution in [1.82, 2.24) is 14.7 Å². The first-order valence-electron chi connectivity index (χ1n) is 10.2. The maximum Gasteiger partial charge on any atom is 0.226 e. The molecule has 2 N–H and O–H groups in total. The molecular formula is C20H28N4O2. The fourth-order valence-electron chi connectivity index (χ4n) is 6.01. The summed E-state index contributed by atoms with van der Waals surface area (Å²) in [6.45, 7) is 1.35. The Morgan fingerprint density at radius 3 is 2.54 bits per heavy atom. The number of aromatic nitrogens is 2. The minimum Gasteiger partial charge on any atom is -0.369 e. The van der Waals surface area contributed by atoms with Gasteiger partial charge in [-0.25, -0.2) is 0 Å². The van der Waals surface area contributed by atoms with Gasteiger partial charge >= 0.3 is 0 Å². The molecule has 2 amide bonds. The minimum absolute atomic E-state index is 0.00831. The van der Waals surface area contributed by atoms with E-state index < -0.39 is 0 Å². The van der Waals surface area contributed by atoms with Crippen LogP contribution in [0.4, 0.5) is 0 Å². The molecule has 2 heterocycles. The smallest absolute Gasteiger partial charge is 0.226 e. The van der Waals surface area contributed by atoms with Crippen LogP contribution in [-0.2, 0) is 15.0 Å². The van der Waals surface area contributed by atoms with E-state index in [-0.39, 0.29) is 23.2 Å². The van der Waals surface area contributed by atoms with E-state index in [0.29, 0.717) is 43.8 Å². The van der Waals surface area contributed by atoms with Gasteiger partial charge in [0.25, 0.3) is 0 Å². The summed E-state index contributed by atoms with van der Waals surface area (Å²) in [4.78, 5) is 26.8. The van der Waals surface area contributed by atoms with Crippen molar-refractivity contribution in [2.75, 3.05) is 13.1 Å². The van der Waals surface area contributed by atoms with E-state index in [1.54, 1.807) is 0 Å². The Labute approximate surface area is 154 Å². The lowest BCUT2D eigenvalue weighted by atomic mass is 9.57. The third kappa shape index (κ3) is 2.20. The van der Waals surface area contributed by atoms with Crippen LogP contribution in [-0.4, -0.2) is 39.6 Å². The zero-order chi connectivity index (χ0) is 17.9. The van der Waals surface area contributed by atoms with Gasteiger partial charge in [-0.1, -0.05) is 0 Å². The molecule has 6 heteroatoms. The summed E-state index contributed by atoms with van der Waals surface area (Å²) in [7, 11) is 0. The molecule has 5 fully saturated rings. The Kier molecular flexibility index (Phi) is 3.66. The Bertz CT molecular complexity index is 728. The summed E-state index contributed by atoms with van der Waals surface area (Å²) in [5.74, 6) is 0.667. The monoisotopic (exact) mass is 356 g/mol. The van der Waals surface area contributed by atoms with Crippen LogP contribution in [0.2, 0.25) is 0 Å². The molecule has 4 saturated carbocycles. The van der Waals surface area contributed by atoms with Crippen molar-refractivity contribution in [3.05, 3.63) is 18.0 Å². The highest BCUT2D eigenvalue weighted by molar-refractivity contribution is 5.83. The summed E-state index contributed by atoms with van der Waals surface area (Å²) in [6, 6.07) is 2.70. The Balaban J connectivity index is 1.36. The van der Waals surface area contributed by atoms with E-state index in [1.807, 2.05) is 11.1 Å². The predicted molar refractivity (Wildman–Crippen MR) is 96.1 cm³/mol. The van der Waals surface area contributed by atoms with Crippen molar-refractivity contribution in [1.29, 1.82) is 0 Å². The van der Waals surface area contributed by atoms with Gasteiger partial charge in [0.1, 0.15) is 0 Å². The standard InChI is InChI=1S/C20H28N4O2/c21-18(25)13-6-10-23(11-7-13)19(26)17-14-4-8-20(17,12-14)16-5-9-22-24(16)15-2-1-3-15/h5,9,13-15,17H,1-4,6-8,10-12H2,(H2,21,25). The summed E-state index contributed by atoms with van der Waals surface area (Å²) >= 11 is 0. The van der Waals surface area contributed by atoms with Gasteiger partial charge in [-0.05, 0) is 63.4 Å². The second kappa shape index (κ2) is 5.83. The number of rotatable bonds is 4. The van der Waals surface area contributed by atoms with Crippen molar-refractivity contribution in [2.24, 2.45) is 23.5 Å². The lowest BCUT2D eigenvalue weighted by Crippen LogP contribution is -2.56. The van der Waals surface area contributed by atoms with Crippen LogP contribution >= 0.6 is 0 Å². The van der Waals surface area contributed by atoms with Crippen LogP contribution in [0.15, 0.2) is 12.3 Å². The average molecular weight is 356 g/mol. The van der Waals surface area contributed by atoms with E-state index in [2.05, 4.69) is 15.8 Å². The highest BCUT2D eigenvalue weighted by Gasteiger charge is 2.64. The van der Waals surface area contributed by atoms with Crippen LogP contribution < -0.4 is 5.73 Å². The summed E-state index contributed by atoms with van der Waals surface area (Å²) in [6.07, 6.45) is 10.5. The van der Waals surface area contributed by atoms with Crippen molar-refractivity contribution in [3.63, 3.8) is 0 Å². The number of carbonyl (C=O) groups is 2. The Morgan fingerprint density at radius 2 is 1.92 bits per heavy atom. The molecule has 3 atom stereocenters. The maximum absolute atomic E-state index is 13.4. The van der Waals surface area contributed by atoms with Gasteiger partial charge in [0.05, 0.1) is 12.0 Å². The second-order valence-corrected chi connectivity index (χ2v) is 8.88. The number of primary amides is 1. The molecule has 2 bridgehead atoms. The molecule has 1 aliphatic heterocycles. The van der Waals surface area contributed by atoms with Gasteiger partial charge in [-0.2, -0.15) is 5.10 Å². The normalized spacial score (nSPS) is 34.4. The molecule has 3 unspecified atom stereocenters. The maximum atomic E-state index is 13.4. The Morgan fingerprint density at radius 1 is 1.15 bits per heavy atom. The summed E-state index contributed by atoms with van der Waals surface area (Å²) in [5.41, 5.74) is 6.75. The zero-order valence-electron chi connectivity index (χ0n) is 15.3. The molecular weight excluding hydrogens is 328 g/mol. The van der Waals surface area contributed by atoms with E-state index in [4.69, 9.17) is 5.73 Å². The molecule has 1 aromatic heterocycles. The van der Waals surface area contributed by atoms with Gasteiger partial charge in [0.2, 0.25) is 11.8 Å². The molecule has 5 aliphatic rings. The number of nitrogens with two attached hydrogens (primary N) is 1.